The molecular formula is C18H20ClFN6O. The molecule has 0 spiro atoms. The molecule has 27 heavy (non-hydrogen) atoms. The zero-order chi connectivity index (χ0) is 18.3. The van der Waals surface area contributed by atoms with Gasteiger partial charge in [-0.25, -0.2) is 14.4 Å². The number of fused-ring (bicyclic) bond motifs is 1. The molecule has 3 N–H and O–H groups in total. The normalized spacial score (nSPS) is 14.2. The number of aromatic nitrogens is 3. The van der Waals surface area contributed by atoms with Crippen LogP contribution in [0.4, 0.5) is 10.1 Å². The third kappa shape index (κ3) is 3.45. The Labute approximate surface area is 161 Å². The van der Waals surface area contributed by atoms with E-state index >= 15 is 0 Å². The first-order valence-electron chi connectivity index (χ1n) is 8.44. The summed E-state index contributed by atoms with van der Waals surface area (Å²) in [5.74, 6) is -0.970. The average Bonchev–Trinajstić information content (AvgIpc) is 2.97. The summed E-state index contributed by atoms with van der Waals surface area (Å²) in [6.45, 7) is 5.27. The number of carbonyl (C=O) groups is 1. The van der Waals surface area contributed by atoms with Crippen molar-refractivity contribution in [1.29, 1.82) is 0 Å². The van der Waals surface area contributed by atoms with Gasteiger partial charge in [0.1, 0.15) is 11.5 Å². The Morgan fingerprint density at radius 1 is 1.30 bits per heavy atom. The van der Waals surface area contributed by atoms with Gasteiger partial charge in [-0.15, -0.1) is 12.4 Å². The molecule has 1 aliphatic rings. The van der Waals surface area contributed by atoms with Crippen LogP contribution in [0.2, 0.25) is 0 Å². The number of nitrogens with zero attached hydrogens (tertiary/aromatic N) is 4. The molecule has 1 fully saturated rings. The molecule has 0 atom stereocenters. The minimum atomic E-state index is -0.640. The summed E-state index contributed by atoms with van der Waals surface area (Å²) in [6, 6.07) is 5.22. The van der Waals surface area contributed by atoms with Gasteiger partial charge in [0.15, 0.2) is 5.65 Å². The number of nitrogens with one attached hydrogen (secondary N) is 1. The highest BCUT2D eigenvalue weighted by Crippen LogP contribution is 2.30. The summed E-state index contributed by atoms with van der Waals surface area (Å²) < 4.78 is 16.6. The van der Waals surface area contributed by atoms with Gasteiger partial charge >= 0.3 is 0 Å². The smallest absolute Gasteiger partial charge is 0.268 e. The largest absolute Gasteiger partial charge is 0.369 e. The van der Waals surface area contributed by atoms with Crippen LogP contribution in [0.3, 0.4) is 0 Å². The fourth-order valence-corrected chi connectivity index (χ4v) is 3.34. The molecule has 0 bridgehead atoms. The van der Waals surface area contributed by atoms with Crippen LogP contribution in [0, 0.1) is 12.7 Å². The quantitative estimate of drug-likeness (QED) is 0.711. The number of hydrogen-bond acceptors (Lipinski definition) is 5. The molecule has 0 aliphatic carbocycles. The molecule has 3 aromatic rings. The highest BCUT2D eigenvalue weighted by Gasteiger charge is 2.18. The number of imidazole rings is 1. The first-order valence-corrected chi connectivity index (χ1v) is 8.44. The van der Waals surface area contributed by atoms with E-state index < -0.39 is 5.91 Å². The summed E-state index contributed by atoms with van der Waals surface area (Å²) >= 11 is 0. The molecule has 1 aliphatic heterocycles. The second-order valence-corrected chi connectivity index (χ2v) is 6.31. The second kappa shape index (κ2) is 7.50. The number of anilines is 1. The molecule has 1 aromatic carbocycles. The van der Waals surface area contributed by atoms with Crippen molar-refractivity contribution < 1.29 is 9.18 Å². The Morgan fingerprint density at radius 3 is 2.70 bits per heavy atom. The first-order chi connectivity index (χ1) is 12.5. The first kappa shape index (κ1) is 19.1. The van der Waals surface area contributed by atoms with Crippen LogP contribution < -0.4 is 16.0 Å². The lowest BCUT2D eigenvalue weighted by molar-refractivity contribution is 0.0995. The summed E-state index contributed by atoms with van der Waals surface area (Å²) in [4.78, 5) is 22.0. The molecule has 1 amide bonds. The van der Waals surface area contributed by atoms with Gasteiger partial charge in [-0.3, -0.25) is 9.20 Å². The van der Waals surface area contributed by atoms with E-state index in [1.54, 1.807) is 23.5 Å². The number of rotatable bonds is 3. The van der Waals surface area contributed by atoms with Crippen LogP contribution in [0.15, 0.2) is 30.6 Å². The predicted molar refractivity (Wildman–Crippen MR) is 104 cm³/mol. The van der Waals surface area contributed by atoms with Gasteiger partial charge in [-0.1, -0.05) is 0 Å². The van der Waals surface area contributed by atoms with E-state index in [9.17, 15) is 9.18 Å². The minimum Gasteiger partial charge on any atom is -0.369 e. The molecule has 0 saturated carbocycles. The monoisotopic (exact) mass is 390 g/mol. The van der Waals surface area contributed by atoms with E-state index in [2.05, 4.69) is 20.2 Å². The summed E-state index contributed by atoms with van der Waals surface area (Å²) in [6.07, 6.45) is 2.96. The minimum absolute atomic E-state index is 0. The summed E-state index contributed by atoms with van der Waals surface area (Å²) in [5.41, 5.74) is 8.49. The van der Waals surface area contributed by atoms with E-state index in [4.69, 9.17) is 5.73 Å². The molecule has 7 nitrogen and oxygen atoms in total. The number of amides is 1. The third-order valence-electron chi connectivity index (χ3n) is 4.63. The highest BCUT2D eigenvalue weighted by molar-refractivity contribution is 5.90. The number of hydrogen-bond donors (Lipinski definition) is 2. The SMILES string of the molecule is Cc1nc2cnc(C(N)=O)cn2c1-c1ccc(N2CCNCC2)cc1F.Cl. The van der Waals surface area contributed by atoms with E-state index in [-0.39, 0.29) is 23.9 Å². The third-order valence-corrected chi connectivity index (χ3v) is 4.63. The topological polar surface area (TPSA) is 88.5 Å². The second-order valence-electron chi connectivity index (χ2n) is 6.31. The lowest BCUT2D eigenvalue weighted by Crippen LogP contribution is -2.43. The number of benzene rings is 1. The number of carbonyl (C=O) groups excluding carboxylic acids is 1. The molecule has 142 valence electrons. The Balaban J connectivity index is 0.00000210. The van der Waals surface area contributed by atoms with Crippen molar-refractivity contribution in [1.82, 2.24) is 19.7 Å². The lowest BCUT2D eigenvalue weighted by Gasteiger charge is -2.29. The molecule has 1 saturated heterocycles. The van der Waals surface area contributed by atoms with E-state index in [1.807, 2.05) is 6.07 Å². The van der Waals surface area contributed by atoms with Gasteiger partial charge in [-0.05, 0) is 25.1 Å². The van der Waals surface area contributed by atoms with Crippen molar-refractivity contribution in [3.05, 3.63) is 47.8 Å². The number of halogens is 2. The van der Waals surface area contributed by atoms with Crippen LogP contribution >= 0.6 is 12.4 Å². The maximum Gasteiger partial charge on any atom is 0.268 e. The summed E-state index contributed by atoms with van der Waals surface area (Å²) in [7, 11) is 0. The zero-order valence-electron chi connectivity index (χ0n) is 14.8. The molecule has 0 radical (unpaired) electrons. The number of nitrogens with two attached hydrogens (primary N) is 1. The van der Waals surface area contributed by atoms with Crippen LogP contribution in [-0.4, -0.2) is 46.5 Å². The molecule has 0 unspecified atom stereocenters. The van der Waals surface area contributed by atoms with Crippen LogP contribution in [-0.2, 0) is 0 Å². The Hall–Kier alpha value is -2.71. The maximum absolute atomic E-state index is 14.9. The van der Waals surface area contributed by atoms with Gasteiger partial charge in [0.05, 0.1) is 17.6 Å². The van der Waals surface area contributed by atoms with Crippen molar-refractivity contribution in [3.63, 3.8) is 0 Å². The van der Waals surface area contributed by atoms with Gasteiger partial charge < -0.3 is 16.0 Å². The fourth-order valence-electron chi connectivity index (χ4n) is 3.34. The standard InChI is InChI=1S/C18H19FN6O.ClH/c1-11-17(25-10-15(18(20)26)22-9-16(25)23-11)13-3-2-12(8-14(13)19)24-6-4-21-5-7-24;/h2-3,8-10,21H,4-7H2,1H3,(H2,20,26);1H. The van der Waals surface area contributed by atoms with Crippen molar-refractivity contribution in [2.75, 3.05) is 31.1 Å². The van der Waals surface area contributed by atoms with Gasteiger partial charge in [-0.2, -0.15) is 0 Å². The Kier molecular flexibility index (Phi) is 5.29. The number of aryl methyl sites for hydroxylation is 1. The number of primary amides is 1. The molecule has 2 aromatic heterocycles. The fraction of sp³-hybridized carbons (Fsp3) is 0.278. The van der Waals surface area contributed by atoms with Crippen molar-refractivity contribution in [3.8, 4) is 11.3 Å². The molecule has 4 rings (SSSR count). The van der Waals surface area contributed by atoms with E-state index in [1.165, 1.54) is 12.4 Å². The predicted octanol–water partition coefficient (Wildman–Crippen LogP) is 1.77. The van der Waals surface area contributed by atoms with E-state index in [0.717, 1.165) is 31.9 Å². The molecule has 3 heterocycles. The molecule has 9 heteroatoms. The van der Waals surface area contributed by atoms with Crippen LogP contribution in [0.5, 0.6) is 0 Å². The van der Waals surface area contributed by atoms with Crippen LogP contribution in [0.1, 0.15) is 16.2 Å². The Morgan fingerprint density at radius 2 is 2.04 bits per heavy atom. The number of piperazine rings is 1. The van der Waals surface area contributed by atoms with Crippen molar-refractivity contribution in [2.24, 2.45) is 5.73 Å². The van der Waals surface area contributed by atoms with E-state index in [0.29, 0.717) is 22.6 Å². The van der Waals surface area contributed by atoms with Gasteiger partial charge in [0, 0.05) is 43.6 Å². The summed E-state index contributed by atoms with van der Waals surface area (Å²) in [5, 5.41) is 3.28. The molecular weight excluding hydrogens is 371 g/mol. The lowest BCUT2D eigenvalue weighted by atomic mass is 10.1. The zero-order valence-corrected chi connectivity index (χ0v) is 15.6. The highest BCUT2D eigenvalue weighted by atomic mass is 35.5. The maximum atomic E-state index is 14.9. The Bertz CT molecular complexity index is 999. The van der Waals surface area contributed by atoms with Gasteiger partial charge in [0.2, 0.25) is 0 Å². The average molecular weight is 391 g/mol. The van der Waals surface area contributed by atoms with Crippen LogP contribution in [0.25, 0.3) is 16.9 Å². The van der Waals surface area contributed by atoms with Gasteiger partial charge in [0.25, 0.3) is 5.91 Å². The van der Waals surface area contributed by atoms with Crippen molar-refractivity contribution >= 4 is 29.6 Å². The van der Waals surface area contributed by atoms with Crippen molar-refractivity contribution in [2.45, 2.75) is 6.92 Å².